The van der Waals surface area contributed by atoms with Crippen molar-refractivity contribution in [2.75, 3.05) is 43.5 Å². The number of aromatic nitrogens is 5. The molecule has 5 rings (SSSR count). The number of rotatable bonds is 1. The molecule has 2 atom stereocenters. The summed E-state index contributed by atoms with van der Waals surface area (Å²) in [4.78, 5) is 27.1. The fourth-order valence-corrected chi connectivity index (χ4v) is 4.42. The van der Waals surface area contributed by atoms with Crippen LogP contribution in [-0.4, -0.2) is 74.9 Å². The third-order valence-corrected chi connectivity index (χ3v) is 6.68. The number of carbonyl (C=O) groups is 1. The lowest BCUT2D eigenvalue weighted by Crippen LogP contribution is -2.50. The van der Waals surface area contributed by atoms with E-state index in [1.807, 2.05) is 22.8 Å². The monoisotopic (exact) mass is 462 g/mol. The predicted octanol–water partition coefficient (Wildman–Crippen LogP) is 2.86. The van der Waals surface area contributed by atoms with Crippen LogP contribution in [0.25, 0.3) is 11.5 Å². The van der Waals surface area contributed by atoms with Crippen LogP contribution in [0.2, 0.25) is 0 Å². The van der Waals surface area contributed by atoms with E-state index >= 15 is 0 Å². The van der Waals surface area contributed by atoms with Gasteiger partial charge in [0.05, 0.1) is 18.5 Å². The number of nitrogens with zero attached hydrogens (tertiary/aromatic N) is 7. The molecular weight excluding hydrogens is 432 g/mol. The van der Waals surface area contributed by atoms with Gasteiger partial charge in [-0.1, -0.05) is 6.07 Å². The molecule has 1 saturated heterocycles. The van der Waals surface area contributed by atoms with Crippen molar-refractivity contribution in [3.8, 4) is 17.4 Å². The van der Waals surface area contributed by atoms with E-state index in [4.69, 9.17) is 4.74 Å². The average Bonchev–Trinajstić information content (AvgIpc) is 3.33. The van der Waals surface area contributed by atoms with Crippen LogP contribution in [0, 0.1) is 0 Å². The normalized spacial score (nSPS) is 21.6. The third-order valence-electron chi connectivity index (χ3n) is 6.68. The number of hydrogen-bond donors (Lipinski definition) is 1. The maximum absolute atomic E-state index is 13.3. The van der Waals surface area contributed by atoms with E-state index in [1.54, 1.807) is 18.6 Å². The van der Waals surface area contributed by atoms with Gasteiger partial charge >= 0.3 is 0 Å². The molecule has 2 unspecified atom stereocenters. The molecule has 1 amide bonds. The molecule has 0 spiro atoms. The van der Waals surface area contributed by atoms with Crippen LogP contribution >= 0.6 is 0 Å². The van der Waals surface area contributed by atoms with Crippen molar-refractivity contribution < 1.29 is 9.53 Å². The Kier molecular flexibility index (Phi) is 6.14. The van der Waals surface area contributed by atoms with Gasteiger partial charge in [-0.2, -0.15) is 0 Å². The Morgan fingerprint density at radius 1 is 1.18 bits per heavy atom. The maximum atomic E-state index is 13.3. The molecule has 0 saturated carbocycles. The zero-order chi connectivity index (χ0) is 23.7. The van der Waals surface area contributed by atoms with Crippen molar-refractivity contribution in [1.29, 1.82) is 0 Å². The number of amides is 1. The fourth-order valence-electron chi connectivity index (χ4n) is 4.42. The summed E-state index contributed by atoms with van der Waals surface area (Å²) in [6, 6.07) is 7.96. The average molecular weight is 463 g/mol. The lowest BCUT2D eigenvalue weighted by Gasteiger charge is -2.39. The van der Waals surface area contributed by atoms with E-state index in [9.17, 15) is 4.79 Å². The van der Waals surface area contributed by atoms with Gasteiger partial charge in [0.25, 0.3) is 5.91 Å². The topological polar surface area (TPSA) is 101 Å². The number of fused-ring (bicyclic) bond motifs is 5. The molecule has 2 bridgehead atoms. The highest BCUT2D eigenvalue weighted by Gasteiger charge is 2.24. The first-order valence-electron chi connectivity index (χ1n) is 11.8. The van der Waals surface area contributed by atoms with Gasteiger partial charge in [0, 0.05) is 31.7 Å². The molecule has 178 valence electrons. The summed E-state index contributed by atoms with van der Waals surface area (Å²) in [5.41, 5.74) is 1.99. The second kappa shape index (κ2) is 9.38. The van der Waals surface area contributed by atoms with Crippen LogP contribution in [0.15, 0.2) is 36.8 Å². The van der Waals surface area contributed by atoms with Crippen LogP contribution in [0.4, 0.5) is 11.5 Å². The van der Waals surface area contributed by atoms with Crippen molar-refractivity contribution in [3.05, 3.63) is 42.4 Å². The van der Waals surface area contributed by atoms with Crippen LogP contribution in [0.1, 0.15) is 43.1 Å². The summed E-state index contributed by atoms with van der Waals surface area (Å²) >= 11 is 0. The summed E-state index contributed by atoms with van der Waals surface area (Å²) in [7, 11) is 2.13. The van der Waals surface area contributed by atoms with Crippen molar-refractivity contribution in [3.63, 3.8) is 0 Å². The van der Waals surface area contributed by atoms with E-state index in [1.165, 1.54) is 0 Å². The van der Waals surface area contributed by atoms with Gasteiger partial charge in [0.1, 0.15) is 23.4 Å². The minimum absolute atomic E-state index is 0.172. The van der Waals surface area contributed by atoms with Crippen LogP contribution in [-0.2, 0) is 0 Å². The van der Waals surface area contributed by atoms with E-state index < -0.39 is 0 Å². The van der Waals surface area contributed by atoms with Gasteiger partial charge in [-0.3, -0.25) is 4.79 Å². The van der Waals surface area contributed by atoms with Crippen LogP contribution in [0.5, 0.6) is 5.88 Å². The standard InChI is InChI=1S/C24H30N8O2/c1-16-6-5-11-34-24-19(12-18(13-25-24)31-10-9-30(3)17(2)14-31)23(33)28-21-8-4-7-20(27-21)22-29-26-15-32(16)22/h4,7-8,12-13,15-17H,5-6,9-11,14H2,1-3H3,(H,27,28,33). The highest BCUT2D eigenvalue weighted by Crippen LogP contribution is 2.27. The Morgan fingerprint density at radius 2 is 2.06 bits per heavy atom. The minimum Gasteiger partial charge on any atom is -0.477 e. The molecule has 5 heterocycles. The number of anilines is 2. The fraction of sp³-hybridized carbons (Fsp3) is 0.458. The summed E-state index contributed by atoms with van der Waals surface area (Å²) in [5.74, 6) is 1.15. The molecule has 1 N–H and O–H groups in total. The largest absolute Gasteiger partial charge is 0.477 e. The summed E-state index contributed by atoms with van der Waals surface area (Å²) in [5, 5.41) is 11.3. The zero-order valence-corrected chi connectivity index (χ0v) is 19.8. The van der Waals surface area contributed by atoms with Gasteiger partial charge in [-0.15, -0.1) is 10.2 Å². The highest BCUT2D eigenvalue weighted by atomic mass is 16.5. The Hall–Kier alpha value is -3.53. The number of piperazine rings is 1. The van der Waals surface area contributed by atoms with E-state index in [2.05, 4.69) is 56.2 Å². The number of nitrogens with one attached hydrogen (secondary N) is 1. The Bertz CT molecular complexity index is 1180. The van der Waals surface area contributed by atoms with Crippen molar-refractivity contribution in [1.82, 2.24) is 29.6 Å². The van der Waals surface area contributed by atoms with Crippen LogP contribution < -0.4 is 15.0 Å². The smallest absolute Gasteiger partial charge is 0.262 e. The number of pyridine rings is 2. The quantitative estimate of drug-likeness (QED) is 0.589. The summed E-state index contributed by atoms with van der Waals surface area (Å²) in [6.07, 6.45) is 5.19. The molecule has 34 heavy (non-hydrogen) atoms. The lowest BCUT2D eigenvalue weighted by atomic mass is 10.1. The van der Waals surface area contributed by atoms with E-state index in [-0.39, 0.29) is 11.9 Å². The maximum Gasteiger partial charge on any atom is 0.262 e. The lowest BCUT2D eigenvalue weighted by molar-refractivity contribution is 0.102. The predicted molar refractivity (Wildman–Crippen MR) is 129 cm³/mol. The SMILES string of the molecule is CC1CN(c2cnc3c(c2)C(=O)Nc2cccc(n2)-c2nncn2C(C)CCCO3)CCN1C. The van der Waals surface area contributed by atoms with Crippen LogP contribution in [0.3, 0.4) is 0 Å². The first-order valence-corrected chi connectivity index (χ1v) is 11.8. The van der Waals surface area contributed by atoms with Crippen molar-refractivity contribution in [2.24, 2.45) is 0 Å². The second-order valence-electron chi connectivity index (χ2n) is 9.09. The third kappa shape index (κ3) is 4.45. The van der Waals surface area contributed by atoms with Gasteiger partial charge < -0.3 is 24.4 Å². The molecule has 10 nitrogen and oxygen atoms in total. The Labute approximate surface area is 199 Å². The van der Waals surface area contributed by atoms with Crippen molar-refractivity contribution in [2.45, 2.75) is 38.8 Å². The van der Waals surface area contributed by atoms with Gasteiger partial charge in [-0.05, 0) is 51.9 Å². The number of hydrogen-bond acceptors (Lipinski definition) is 8. The molecule has 10 heteroatoms. The summed E-state index contributed by atoms with van der Waals surface area (Å²) < 4.78 is 8.01. The molecule has 2 aliphatic heterocycles. The van der Waals surface area contributed by atoms with Gasteiger partial charge in [0.15, 0.2) is 5.82 Å². The molecule has 3 aromatic heterocycles. The molecule has 0 aromatic carbocycles. The Balaban J connectivity index is 1.49. The number of carbonyl (C=O) groups excluding carboxylic acids is 1. The van der Waals surface area contributed by atoms with Crippen molar-refractivity contribution >= 4 is 17.4 Å². The van der Waals surface area contributed by atoms with Gasteiger partial charge in [-0.25, -0.2) is 9.97 Å². The zero-order valence-electron chi connectivity index (χ0n) is 19.8. The number of likely N-dealkylation sites (N-methyl/N-ethyl adjacent to an activating group) is 1. The highest BCUT2D eigenvalue weighted by molar-refractivity contribution is 6.06. The van der Waals surface area contributed by atoms with E-state index in [0.29, 0.717) is 41.4 Å². The van der Waals surface area contributed by atoms with Gasteiger partial charge in [0.2, 0.25) is 5.88 Å². The molecule has 0 aliphatic carbocycles. The molecule has 2 aliphatic rings. The minimum atomic E-state index is -0.303. The van der Waals surface area contributed by atoms with E-state index in [0.717, 1.165) is 38.2 Å². The molecule has 3 aromatic rings. The second-order valence-corrected chi connectivity index (χ2v) is 9.09. The first kappa shape index (κ1) is 22.3. The number of ether oxygens (including phenoxy) is 1. The molecule has 1 fully saturated rings. The molecule has 0 radical (unpaired) electrons. The Morgan fingerprint density at radius 3 is 2.91 bits per heavy atom. The molecular formula is C24H30N8O2. The first-order chi connectivity index (χ1) is 16.5. The summed E-state index contributed by atoms with van der Waals surface area (Å²) in [6.45, 7) is 7.51.